The van der Waals surface area contributed by atoms with Gasteiger partial charge in [0.15, 0.2) is 0 Å². The van der Waals surface area contributed by atoms with Gasteiger partial charge in [-0.1, -0.05) is 34.1 Å². The highest BCUT2D eigenvalue weighted by Crippen LogP contribution is 2.35. The Kier molecular flexibility index (Phi) is 5.12. The summed E-state index contributed by atoms with van der Waals surface area (Å²) in [5.74, 6) is 3.66. The Labute approximate surface area is 114 Å². The van der Waals surface area contributed by atoms with E-state index in [2.05, 4.69) is 33.0 Å². The molecule has 2 aliphatic rings. The fourth-order valence-corrected chi connectivity index (χ4v) is 4.12. The SMILES string of the molecule is CC1CCC(NC2CC(C)CCC2C(C)C)CC1. The summed E-state index contributed by atoms with van der Waals surface area (Å²) in [6.07, 6.45) is 10.0. The summed E-state index contributed by atoms with van der Waals surface area (Å²) < 4.78 is 0. The minimum absolute atomic E-state index is 0.798. The molecule has 0 spiro atoms. The Balaban J connectivity index is 1.88. The maximum Gasteiger partial charge on any atom is 0.0103 e. The second-order valence-electron chi connectivity index (χ2n) is 7.56. The molecule has 0 aromatic rings. The third-order valence-corrected chi connectivity index (χ3v) is 5.49. The molecule has 0 aromatic heterocycles. The molecule has 1 N–H and O–H groups in total. The Morgan fingerprint density at radius 3 is 2.06 bits per heavy atom. The van der Waals surface area contributed by atoms with Gasteiger partial charge in [-0.15, -0.1) is 0 Å². The second-order valence-corrected chi connectivity index (χ2v) is 7.56. The Bertz CT molecular complexity index is 240. The first-order chi connectivity index (χ1) is 8.56. The van der Waals surface area contributed by atoms with E-state index in [1.807, 2.05) is 0 Å². The van der Waals surface area contributed by atoms with Crippen molar-refractivity contribution in [2.75, 3.05) is 0 Å². The zero-order chi connectivity index (χ0) is 13.1. The van der Waals surface area contributed by atoms with Crippen molar-refractivity contribution in [2.45, 2.75) is 84.7 Å². The van der Waals surface area contributed by atoms with Crippen LogP contribution in [0.3, 0.4) is 0 Å². The lowest BCUT2D eigenvalue weighted by molar-refractivity contribution is 0.146. The van der Waals surface area contributed by atoms with Gasteiger partial charge in [-0.3, -0.25) is 0 Å². The first-order valence-electron chi connectivity index (χ1n) is 8.32. The molecular weight excluding hydrogens is 218 g/mol. The topological polar surface area (TPSA) is 12.0 Å². The molecule has 0 bridgehead atoms. The molecule has 0 heterocycles. The largest absolute Gasteiger partial charge is 0.311 e. The zero-order valence-corrected chi connectivity index (χ0v) is 12.9. The van der Waals surface area contributed by atoms with Gasteiger partial charge in [-0.2, -0.15) is 0 Å². The molecule has 0 saturated heterocycles. The van der Waals surface area contributed by atoms with Crippen molar-refractivity contribution in [2.24, 2.45) is 23.7 Å². The molecule has 2 saturated carbocycles. The first-order valence-corrected chi connectivity index (χ1v) is 8.32. The fraction of sp³-hybridized carbons (Fsp3) is 1.00. The van der Waals surface area contributed by atoms with E-state index in [1.54, 1.807) is 0 Å². The highest BCUT2D eigenvalue weighted by molar-refractivity contribution is 4.88. The van der Waals surface area contributed by atoms with E-state index in [4.69, 9.17) is 0 Å². The summed E-state index contributed by atoms with van der Waals surface area (Å²) in [5.41, 5.74) is 0. The highest BCUT2D eigenvalue weighted by atomic mass is 15.0. The minimum atomic E-state index is 0.798. The molecule has 3 unspecified atom stereocenters. The van der Waals surface area contributed by atoms with Crippen LogP contribution in [-0.4, -0.2) is 12.1 Å². The van der Waals surface area contributed by atoms with Crippen molar-refractivity contribution in [1.29, 1.82) is 0 Å². The van der Waals surface area contributed by atoms with E-state index in [1.165, 1.54) is 44.9 Å². The lowest BCUT2D eigenvalue weighted by Crippen LogP contribution is -2.48. The van der Waals surface area contributed by atoms with Crippen molar-refractivity contribution < 1.29 is 0 Å². The van der Waals surface area contributed by atoms with Crippen LogP contribution in [0.4, 0.5) is 0 Å². The number of nitrogens with one attached hydrogen (secondary N) is 1. The van der Waals surface area contributed by atoms with Crippen LogP contribution < -0.4 is 5.32 Å². The molecule has 0 aliphatic heterocycles. The van der Waals surface area contributed by atoms with Gasteiger partial charge in [0.2, 0.25) is 0 Å². The zero-order valence-electron chi connectivity index (χ0n) is 12.9. The lowest BCUT2D eigenvalue weighted by atomic mass is 9.73. The summed E-state index contributed by atoms with van der Waals surface area (Å²) >= 11 is 0. The molecule has 18 heavy (non-hydrogen) atoms. The van der Waals surface area contributed by atoms with Gasteiger partial charge in [0, 0.05) is 12.1 Å². The quantitative estimate of drug-likeness (QED) is 0.772. The molecule has 2 rings (SSSR count). The van der Waals surface area contributed by atoms with E-state index in [0.717, 1.165) is 35.8 Å². The molecule has 106 valence electrons. The van der Waals surface area contributed by atoms with Gasteiger partial charge in [0.1, 0.15) is 0 Å². The van der Waals surface area contributed by atoms with Gasteiger partial charge in [-0.25, -0.2) is 0 Å². The van der Waals surface area contributed by atoms with Crippen LogP contribution in [0.25, 0.3) is 0 Å². The Hall–Kier alpha value is -0.0400. The fourth-order valence-electron chi connectivity index (χ4n) is 4.12. The molecule has 0 aromatic carbocycles. The van der Waals surface area contributed by atoms with Gasteiger partial charge in [0.25, 0.3) is 0 Å². The van der Waals surface area contributed by atoms with Crippen LogP contribution >= 0.6 is 0 Å². The van der Waals surface area contributed by atoms with E-state index in [0.29, 0.717) is 0 Å². The van der Waals surface area contributed by atoms with Crippen LogP contribution in [0.2, 0.25) is 0 Å². The molecule has 0 amide bonds. The summed E-state index contributed by atoms with van der Waals surface area (Å²) in [4.78, 5) is 0. The van der Waals surface area contributed by atoms with E-state index >= 15 is 0 Å². The standard InChI is InChI=1S/C17H33N/c1-12(2)16-10-7-14(4)11-17(16)18-15-8-5-13(3)6-9-15/h12-18H,5-11H2,1-4H3. The molecule has 1 nitrogen and oxygen atoms in total. The van der Waals surface area contributed by atoms with E-state index < -0.39 is 0 Å². The molecule has 2 fully saturated rings. The molecule has 1 heteroatoms. The maximum atomic E-state index is 4.04. The smallest absolute Gasteiger partial charge is 0.0103 e. The summed E-state index contributed by atoms with van der Waals surface area (Å²) in [6, 6.07) is 1.62. The summed E-state index contributed by atoms with van der Waals surface area (Å²) in [6.45, 7) is 9.68. The second kappa shape index (κ2) is 6.41. The highest BCUT2D eigenvalue weighted by Gasteiger charge is 2.32. The number of rotatable bonds is 3. The van der Waals surface area contributed by atoms with Crippen molar-refractivity contribution in [3.8, 4) is 0 Å². The van der Waals surface area contributed by atoms with E-state index in [9.17, 15) is 0 Å². The molecular formula is C17H33N. The van der Waals surface area contributed by atoms with Gasteiger partial charge < -0.3 is 5.32 Å². The minimum Gasteiger partial charge on any atom is -0.311 e. The monoisotopic (exact) mass is 251 g/mol. The van der Waals surface area contributed by atoms with Crippen LogP contribution in [0.1, 0.15) is 72.6 Å². The van der Waals surface area contributed by atoms with Crippen molar-refractivity contribution in [1.82, 2.24) is 5.32 Å². The summed E-state index contributed by atoms with van der Waals surface area (Å²) in [5, 5.41) is 4.04. The molecule has 2 aliphatic carbocycles. The Morgan fingerprint density at radius 2 is 1.44 bits per heavy atom. The predicted octanol–water partition coefficient (Wildman–Crippen LogP) is 4.62. The van der Waals surface area contributed by atoms with E-state index in [-0.39, 0.29) is 0 Å². The van der Waals surface area contributed by atoms with Crippen molar-refractivity contribution in [3.63, 3.8) is 0 Å². The van der Waals surface area contributed by atoms with Gasteiger partial charge in [0.05, 0.1) is 0 Å². The predicted molar refractivity (Wildman–Crippen MR) is 79.7 cm³/mol. The van der Waals surface area contributed by atoms with Crippen LogP contribution in [-0.2, 0) is 0 Å². The van der Waals surface area contributed by atoms with Gasteiger partial charge in [-0.05, 0) is 62.2 Å². The van der Waals surface area contributed by atoms with Crippen molar-refractivity contribution in [3.05, 3.63) is 0 Å². The maximum absolute atomic E-state index is 4.04. The first kappa shape index (κ1) is 14.4. The third kappa shape index (κ3) is 3.73. The Morgan fingerprint density at radius 1 is 0.833 bits per heavy atom. The normalized spacial score (nSPS) is 42.2. The molecule has 0 radical (unpaired) electrons. The average molecular weight is 251 g/mol. The van der Waals surface area contributed by atoms with Crippen LogP contribution in [0.5, 0.6) is 0 Å². The number of hydrogen-bond donors (Lipinski definition) is 1. The van der Waals surface area contributed by atoms with Crippen LogP contribution in [0.15, 0.2) is 0 Å². The van der Waals surface area contributed by atoms with Crippen LogP contribution in [0, 0.1) is 23.7 Å². The third-order valence-electron chi connectivity index (χ3n) is 5.49. The van der Waals surface area contributed by atoms with Crippen molar-refractivity contribution >= 4 is 0 Å². The lowest BCUT2D eigenvalue weighted by Gasteiger charge is -2.41. The summed E-state index contributed by atoms with van der Waals surface area (Å²) in [7, 11) is 0. The van der Waals surface area contributed by atoms with Gasteiger partial charge >= 0.3 is 0 Å². The molecule has 3 atom stereocenters. The number of hydrogen-bond acceptors (Lipinski definition) is 1. The average Bonchev–Trinajstić information content (AvgIpc) is 2.32.